The molecule has 10 heteroatoms. The molecule has 2 heterocycles. The van der Waals surface area contributed by atoms with Crippen LogP contribution in [0.2, 0.25) is 0 Å². The normalized spacial score (nSPS) is 15.6. The molecule has 0 bridgehead atoms. The van der Waals surface area contributed by atoms with Gasteiger partial charge in [-0.15, -0.1) is 11.3 Å². The maximum absolute atomic E-state index is 14.2. The number of hydrogen-bond acceptors (Lipinski definition) is 6. The Hall–Kier alpha value is -2.17. The summed E-state index contributed by atoms with van der Waals surface area (Å²) in [5.41, 5.74) is 0.356. The van der Waals surface area contributed by atoms with E-state index in [9.17, 15) is 18.4 Å². The van der Waals surface area contributed by atoms with E-state index in [-0.39, 0.29) is 16.7 Å². The van der Waals surface area contributed by atoms with Crippen molar-refractivity contribution in [1.82, 2.24) is 9.88 Å². The molecule has 0 radical (unpaired) electrons. The lowest BCUT2D eigenvalue weighted by Crippen LogP contribution is -2.28. The van der Waals surface area contributed by atoms with Crippen LogP contribution >= 0.6 is 35.3 Å². The van der Waals surface area contributed by atoms with Crippen LogP contribution in [0.5, 0.6) is 0 Å². The van der Waals surface area contributed by atoms with E-state index in [4.69, 9.17) is 12.2 Å². The highest BCUT2D eigenvalue weighted by atomic mass is 32.2. The third kappa shape index (κ3) is 4.13. The van der Waals surface area contributed by atoms with Crippen molar-refractivity contribution in [2.45, 2.75) is 20.3 Å². The Bertz CT molecular complexity index is 990. The van der Waals surface area contributed by atoms with Gasteiger partial charge in [0.1, 0.15) is 16.0 Å². The fraction of sp³-hybridized carbons (Fsp3) is 0.222. The number of halogens is 2. The van der Waals surface area contributed by atoms with Gasteiger partial charge in [0.05, 0.1) is 16.3 Å². The molecule has 3 rings (SSSR count). The average Bonchev–Trinajstić information content (AvgIpc) is 3.17. The minimum absolute atomic E-state index is 0.0935. The van der Waals surface area contributed by atoms with Gasteiger partial charge < -0.3 is 0 Å². The van der Waals surface area contributed by atoms with Crippen LogP contribution in [-0.4, -0.2) is 32.6 Å². The summed E-state index contributed by atoms with van der Waals surface area (Å²) in [5.74, 6) is -2.26. The first-order chi connectivity index (χ1) is 13.3. The number of thiazole rings is 1. The summed E-state index contributed by atoms with van der Waals surface area (Å²) >= 11 is 7.53. The molecule has 2 aromatic rings. The van der Waals surface area contributed by atoms with Crippen LogP contribution in [-0.2, 0) is 9.59 Å². The predicted octanol–water partition coefficient (Wildman–Crippen LogP) is 4.72. The molecule has 1 saturated heterocycles. The van der Waals surface area contributed by atoms with Crippen molar-refractivity contribution < 1.29 is 18.4 Å². The van der Waals surface area contributed by atoms with Gasteiger partial charge in [0.15, 0.2) is 5.13 Å². The summed E-state index contributed by atoms with van der Waals surface area (Å²) in [6.45, 7) is 3.77. The lowest BCUT2D eigenvalue weighted by atomic mass is 10.2. The fourth-order valence-corrected chi connectivity index (χ4v) is 4.70. The molecule has 0 spiro atoms. The number of carbonyl (C=O) groups is 2. The second-order valence-corrected chi connectivity index (χ2v) is 8.35. The number of benzene rings is 1. The topological polar surface area (TPSA) is 53.5 Å². The lowest BCUT2D eigenvalue weighted by Gasteiger charge is -2.18. The van der Waals surface area contributed by atoms with Crippen LogP contribution in [0, 0.1) is 11.6 Å². The number of rotatable bonds is 5. The number of aromatic nitrogens is 1. The van der Waals surface area contributed by atoms with E-state index in [0.717, 1.165) is 28.7 Å². The van der Waals surface area contributed by atoms with Crippen LogP contribution in [0.3, 0.4) is 0 Å². The van der Waals surface area contributed by atoms with Crippen LogP contribution < -0.4 is 4.90 Å². The van der Waals surface area contributed by atoms with E-state index in [1.165, 1.54) is 29.7 Å². The zero-order valence-corrected chi connectivity index (χ0v) is 17.4. The van der Waals surface area contributed by atoms with E-state index in [0.29, 0.717) is 27.5 Å². The van der Waals surface area contributed by atoms with Crippen molar-refractivity contribution >= 4 is 68.3 Å². The SMILES string of the molecule is CCCN1C(=O)/C(=C\c2csc(N(C(C)=O)c3ccc(F)cc3F)n2)SC1=S. The van der Waals surface area contributed by atoms with Gasteiger partial charge in [-0.2, -0.15) is 0 Å². The Labute approximate surface area is 174 Å². The highest BCUT2D eigenvalue weighted by Gasteiger charge is 2.31. The molecular formula is C18H15F2N3O2S3. The Kier molecular flexibility index (Phi) is 6.21. The zero-order chi connectivity index (χ0) is 20.4. The zero-order valence-electron chi connectivity index (χ0n) is 14.9. The van der Waals surface area contributed by atoms with Gasteiger partial charge >= 0.3 is 0 Å². The van der Waals surface area contributed by atoms with Crippen LogP contribution in [0.25, 0.3) is 6.08 Å². The molecule has 0 saturated carbocycles. The van der Waals surface area contributed by atoms with Crippen molar-refractivity contribution in [1.29, 1.82) is 0 Å². The van der Waals surface area contributed by atoms with Crippen molar-refractivity contribution in [2.24, 2.45) is 0 Å². The Morgan fingerprint density at radius 1 is 1.39 bits per heavy atom. The number of nitrogens with zero attached hydrogens (tertiary/aromatic N) is 3. The minimum Gasteiger partial charge on any atom is -0.293 e. The average molecular weight is 440 g/mol. The number of anilines is 2. The molecule has 0 unspecified atom stereocenters. The third-order valence-corrected chi connectivity index (χ3v) is 5.99. The molecule has 0 aliphatic carbocycles. The van der Waals surface area contributed by atoms with Crippen LogP contribution in [0.1, 0.15) is 26.0 Å². The van der Waals surface area contributed by atoms with Crippen molar-refractivity contribution in [3.8, 4) is 0 Å². The maximum Gasteiger partial charge on any atom is 0.266 e. The highest BCUT2D eigenvalue weighted by molar-refractivity contribution is 8.26. The minimum atomic E-state index is -0.868. The van der Waals surface area contributed by atoms with Gasteiger partial charge in [-0.05, 0) is 24.6 Å². The van der Waals surface area contributed by atoms with Crippen molar-refractivity contribution in [2.75, 3.05) is 11.4 Å². The van der Waals surface area contributed by atoms with E-state index in [2.05, 4.69) is 4.98 Å². The smallest absolute Gasteiger partial charge is 0.266 e. The molecular weight excluding hydrogens is 424 g/mol. The summed E-state index contributed by atoms with van der Waals surface area (Å²) in [6, 6.07) is 2.96. The first-order valence-electron chi connectivity index (χ1n) is 8.28. The highest BCUT2D eigenvalue weighted by Crippen LogP contribution is 2.35. The molecule has 1 aliphatic rings. The van der Waals surface area contributed by atoms with Crippen LogP contribution in [0.15, 0.2) is 28.5 Å². The number of amides is 2. The molecule has 1 fully saturated rings. The first kappa shape index (κ1) is 20.6. The number of carbonyl (C=O) groups excluding carboxylic acids is 2. The molecule has 0 atom stereocenters. The van der Waals surface area contributed by atoms with Crippen molar-refractivity contribution in [3.63, 3.8) is 0 Å². The molecule has 0 N–H and O–H groups in total. The Balaban J connectivity index is 1.91. The van der Waals surface area contributed by atoms with E-state index in [1.54, 1.807) is 11.5 Å². The molecule has 1 aromatic heterocycles. The Morgan fingerprint density at radius 2 is 2.14 bits per heavy atom. The predicted molar refractivity (Wildman–Crippen MR) is 111 cm³/mol. The molecule has 5 nitrogen and oxygen atoms in total. The number of hydrogen-bond donors (Lipinski definition) is 0. The molecule has 2 amide bonds. The van der Waals surface area contributed by atoms with Crippen LogP contribution in [0.4, 0.5) is 19.6 Å². The largest absolute Gasteiger partial charge is 0.293 e. The van der Waals surface area contributed by atoms with Gasteiger partial charge in [-0.3, -0.25) is 19.4 Å². The summed E-state index contributed by atoms with van der Waals surface area (Å²) < 4.78 is 27.8. The third-order valence-electron chi connectivity index (χ3n) is 3.77. The van der Waals surface area contributed by atoms with Crippen molar-refractivity contribution in [3.05, 3.63) is 45.8 Å². The first-order valence-corrected chi connectivity index (χ1v) is 10.4. The molecule has 146 valence electrons. The van der Waals surface area contributed by atoms with Gasteiger partial charge in [0, 0.05) is 24.9 Å². The molecule has 1 aliphatic heterocycles. The summed E-state index contributed by atoms with van der Waals surface area (Å²) in [6.07, 6.45) is 2.38. The standard InChI is InChI=1S/C18H15F2N3O2S3/c1-3-6-22-16(25)15(28-18(22)26)8-12-9-27-17(21-12)23(10(2)24)14-5-4-11(19)7-13(14)20/h4-5,7-9H,3,6H2,1-2H3/b15-8+. The Morgan fingerprint density at radius 3 is 2.79 bits per heavy atom. The van der Waals surface area contributed by atoms with Gasteiger partial charge in [0.25, 0.3) is 5.91 Å². The summed E-state index contributed by atoms with van der Waals surface area (Å²) in [7, 11) is 0. The summed E-state index contributed by atoms with van der Waals surface area (Å²) in [4.78, 5) is 31.9. The maximum atomic E-state index is 14.2. The number of thioether (sulfide) groups is 1. The van der Waals surface area contributed by atoms with E-state index < -0.39 is 17.5 Å². The quantitative estimate of drug-likeness (QED) is 0.499. The van der Waals surface area contributed by atoms with E-state index in [1.807, 2.05) is 6.92 Å². The second-order valence-electron chi connectivity index (χ2n) is 5.84. The monoisotopic (exact) mass is 439 g/mol. The molecule has 1 aromatic carbocycles. The summed E-state index contributed by atoms with van der Waals surface area (Å²) in [5, 5.41) is 1.87. The lowest BCUT2D eigenvalue weighted by molar-refractivity contribution is -0.122. The molecule has 28 heavy (non-hydrogen) atoms. The second kappa shape index (κ2) is 8.46. The fourth-order valence-electron chi connectivity index (χ4n) is 2.57. The van der Waals surface area contributed by atoms with Gasteiger partial charge in [-0.1, -0.05) is 30.9 Å². The number of thiocarbonyl (C=S) groups is 1. The van der Waals surface area contributed by atoms with Gasteiger partial charge in [0.2, 0.25) is 5.91 Å². The van der Waals surface area contributed by atoms with Gasteiger partial charge in [-0.25, -0.2) is 13.8 Å². The van der Waals surface area contributed by atoms with E-state index >= 15 is 0 Å².